The second-order valence-corrected chi connectivity index (χ2v) is 7.84. The van der Waals surface area contributed by atoms with Gasteiger partial charge in [-0.3, -0.25) is 4.79 Å². The van der Waals surface area contributed by atoms with Crippen molar-refractivity contribution >= 4 is 20.5 Å². The molecule has 0 heterocycles. The third-order valence-electron chi connectivity index (χ3n) is 4.00. The summed E-state index contributed by atoms with van der Waals surface area (Å²) < 4.78 is 20.8. The van der Waals surface area contributed by atoms with Crippen LogP contribution >= 0.6 is 8.46 Å². The molecule has 2 N–H and O–H groups in total. The minimum absolute atomic E-state index is 0.246. The molecule has 1 amide bonds. The van der Waals surface area contributed by atoms with Gasteiger partial charge < -0.3 is 19.8 Å². The van der Waals surface area contributed by atoms with Crippen LogP contribution in [0.1, 0.15) is 31.4 Å². The monoisotopic (exact) mass is 405 g/mol. The lowest BCUT2D eigenvalue weighted by atomic mass is 10.0. The highest BCUT2D eigenvalue weighted by atomic mass is 31.1. The minimum atomic E-state index is -1.18. The fraction of sp³-hybridized carbons (Fsp3) is 0.333. The Bertz CT molecular complexity index is 739. The van der Waals surface area contributed by atoms with E-state index in [9.17, 15) is 14.2 Å². The van der Waals surface area contributed by atoms with Gasteiger partial charge in [-0.1, -0.05) is 60.7 Å². The van der Waals surface area contributed by atoms with Crippen LogP contribution < -0.4 is 5.73 Å². The highest BCUT2D eigenvalue weighted by molar-refractivity contribution is 7.27. The van der Waals surface area contributed by atoms with Gasteiger partial charge >= 0.3 is 12.1 Å². The Kier molecular flexibility index (Phi) is 10.7. The molecule has 2 aromatic rings. The van der Waals surface area contributed by atoms with Crippen LogP contribution in [0.4, 0.5) is 4.79 Å². The number of esters is 1. The van der Waals surface area contributed by atoms with Gasteiger partial charge in [-0.2, -0.15) is 0 Å². The molecule has 2 aromatic carbocycles. The predicted molar refractivity (Wildman–Crippen MR) is 111 cm³/mol. The van der Waals surface area contributed by atoms with Crippen LogP contribution in [0.25, 0.3) is 0 Å². The van der Waals surface area contributed by atoms with Crippen molar-refractivity contribution in [2.45, 2.75) is 38.5 Å². The van der Waals surface area contributed by atoms with Gasteiger partial charge in [0.2, 0.25) is 0 Å². The zero-order valence-electron chi connectivity index (χ0n) is 16.3. The zero-order valence-corrected chi connectivity index (χ0v) is 17.5. The normalized spacial score (nSPS) is 12.5. The van der Waals surface area contributed by atoms with E-state index < -0.39 is 19.7 Å². The summed E-state index contributed by atoms with van der Waals surface area (Å²) in [6.45, 7) is 4.06. The van der Waals surface area contributed by atoms with Crippen molar-refractivity contribution in [1.82, 2.24) is 0 Å². The zero-order chi connectivity index (χ0) is 20.8. The number of rotatable bonds is 8. The third-order valence-corrected chi connectivity index (χ3v) is 5.05. The average molecular weight is 405 g/mol. The summed E-state index contributed by atoms with van der Waals surface area (Å²) in [7, 11) is -1.18. The molecule has 0 saturated heterocycles. The standard InChI is InChI=1S/C13H19O3P.C8H9NO2/c1-3-16-12(14)13(2,17-15)10-9-11-7-5-4-6-8-11;9-8(10)11-6-7-4-2-1-3-5-7/h4-8H,3,9-10,17H2,1-2H3;1-5H,6H2,(H2,9,10). The van der Waals surface area contributed by atoms with E-state index in [1.807, 2.05) is 60.7 Å². The highest BCUT2D eigenvalue weighted by Crippen LogP contribution is 2.30. The van der Waals surface area contributed by atoms with Crippen LogP contribution in [0.5, 0.6) is 0 Å². The van der Waals surface area contributed by atoms with Gasteiger partial charge in [0.25, 0.3) is 0 Å². The Morgan fingerprint density at radius 3 is 1.96 bits per heavy atom. The van der Waals surface area contributed by atoms with Gasteiger partial charge in [-0.15, -0.1) is 0 Å². The highest BCUT2D eigenvalue weighted by Gasteiger charge is 2.33. The number of benzene rings is 2. The number of hydrogen-bond acceptors (Lipinski definition) is 5. The molecule has 0 aliphatic rings. The summed E-state index contributed by atoms with van der Waals surface area (Å²) in [5.74, 6) is -0.346. The molecule has 2 unspecified atom stereocenters. The van der Waals surface area contributed by atoms with E-state index in [-0.39, 0.29) is 12.6 Å². The SMILES string of the molecule is CCOC(=O)C(C)(CCc1ccccc1)[PH2]=O.NC(=O)OCc1ccccc1. The van der Waals surface area contributed by atoms with Crippen LogP contribution in [-0.2, 0) is 31.9 Å². The lowest BCUT2D eigenvalue weighted by Crippen LogP contribution is -2.31. The van der Waals surface area contributed by atoms with Gasteiger partial charge in [0.05, 0.1) is 15.1 Å². The van der Waals surface area contributed by atoms with E-state index in [2.05, 4.69) is 4.74 Å². The van der Waals surface area contributed by atoms with Gasteiger partial charge in [-0.25, -0.2) is 4.79 Å². The smallest absolute Gasteiger partial charge is 0.404 e. The topological polar surface area (TPSA) is 95.7 Å². The number of ether oxygens (including phenoxy) is 2. The lowest BCUT2D eigenvalue weighted by Gasteiger charge is -2.21. The summed E-state index contributed by atoms with van der Waals surface area (Å²) in [5, 5.41) is -0.828. The number of hydrogen-bond donors (Lipinski definition) is 1. The Morgan fingerprint density at radius 1 is 0.964 bits per heavy atom. The van der Waals surface area contributed by atoms with Crippen molar-refractivity contribution in [1.29, 1.82) is 0 Å². The van der Waals surface area contributed by atoms with E-state index in [1.54, 1.807) is 13.8 Å². The van der Waals surface area contributed by atoms with Gasteiger partial charge in [0, 0.05) is 0 Å². The van der Waals surface area contributed by atoms with Crippen molar-refractivity contribution in [3.05, 3.63) is 71.8 Å². The Balaban J connectivity index is 0.000000307. The summed E-state index contributed by atoms with van der Waals surface area (Å²) in [5.41, 5.74) is 6.86. The maximum atomic E-state index is 11.7. The average Bonchev–Trinajstić information content (AvgIpc) is 2.72. The Hall–Kier alpha value is -2.59. The van der Waals surface area contributed by atoms with Gasteiger partial charge in [-0.05, 0) is 37.8 Å². The van der Waals surface area contributed by atoms with Crippen LogP contribution in [0.3, 0.4) is 0 Å². The van der Waals surface area contributed by atoms with Crippen LogP contribution in [0, 0.1) is 0 Å². The fourth-order valence-electron chi connectivity index (χ4n) is 2.28. The first-order valence-electron chi connectivity index (χ1n) is 9.05. The maximum Gasteiger partial charge on any atom is 0.404 e. The molecule has 152 valence electrons. The minimum Gasteiger partial charge on any atom is -0.465 e. The van der Waals surface area contributed by atoms with Crippen molar-refractivity contribution in [2.24, 2.45) is 5.73 Å². The number of amides is 1. The summed E-state index contributed by atoms with van der Waals surface area (Å²) in [6.07, 6.45) is 0.564. The first-order valence-corrected chi connectivity index (χ1v) is 10.1. The Labute approximate surface area is 167 Å². The second kappa shape index (κ2) is 12.7. The number of carbonyl (C=O) groups excluding carboxylic acids is 2. The van der Waals surface area contributed by atoms with E-state index >= 15 is 0 Å². The van der Waals surface area contributed by atoms with E-state index in [0.717, 1.165) is 17.5 Å². The molecule has 2 atom stereocenters. The molecule has 2 rings (SSSR count). The van der Waals surface area contributed by atoms with Crippen molar-refractivity contribution in [3.63, 3.8) is 0 Å². The summed E-state index contributed by atoms with van der Waals surface area (Å²) in [4.78, 5) is 21.9. The molecule has 0 aromatic heterocycles. The lowest BCUT2D eigenvalue weighted by molar-refractivity contribution is -0.145. The largest absolute Gasteiger partial charge is 0.465 e. The van der Waals surface area contributed by atoms with E-state index in [1.165, 1.54) is 0 Å². The molecule has 0 radical (unpaired) electrons. The quantitative estimate of drug-likeness (QED) is 0.529. The molecule has 0 saturated carbocycles. The van der Waals surface area contributed by atoms with Crippen molar-refractivity contribution in [2.75, 3.05) is 6.61 Å². The van der Waals surface area contributed by atoms with Crippen LogP contribution in [0.2, 0.25) is 0 Å². The van der Waals surface area contributed by atoms with E-state index in [0.29, 0.717) is 13.0 Å². The van der Waals surface area contributed by atoms with Gasteiger partial charge in [0.1, 0.15) is 11.8 Å². The molecule has 0 aliphatic carbocycles. The molecule has 28 heavy (non-hydrogen) atoms. The number of carbonyl (C=O) groups is 2. The van der Waals surface area contributed by atoms with Gasteiger partial charge in [0.15, 0.2) is 0 Å². The molecular formula is C21H28NO5P. The fourth-order valence-corrected chi connectivity index (χ4v) is 2.72. The predicted octanol–water partition coefficient (Wildman–Crippen LogP) is 3.98. The first-order chi connectivity index (χ1) is 13.4. The second-order valence-electron chi connectivity index (χ2n) is 6.33. The molecule has 0 bridgehead atoms. The van der Waals surface area contributed by atoms with Crippen LogP contribution in [-0.4, -0.2) is 23.8 Å². The van der Waals surface area contributed by atoms with Crippen LogP contribution in [0.15, 0.2) is 60.7 Å². The van der Waals surface area contributed by atoms with Crippen molar-refractivity contribution in [3.8, 4) is 0 Å². The number of aryl methyl sites for hydroxylation is 1. The van der Waals surface area contributed by atoms with E-state index in [4.69, 9.17) is 10.5 Å². The summed E-state index contributed by atoms with van der Waals surface area (Å²) in [6, 6.07) is 19.3. The summed E-state index contributed by atoms with van der Waals surface area (Å²) >= 11 is 0. The molecule has 0 aliphatic heterocycles. The number of primary amides is 1. The third kappa shape index (κ3) is 8.87. The molecule has 0 spiro atoms. The van der Waals surface area contributed by atoms with Crippen molar-refractivity contribution < 1.29 is 23.6 Å². The molecular weight excluding hydrogens is 377 g/mol. The Morgan fingerprint density at radius 2 is 1.50 bits per heavy atom. The molecule has 6 nitrogen and oxygen atoms in total. The first kappa shape index (κ1) is 23.4. The molecule has 7 heteroatoms. The maximum absolute atomic E-state index is 11.7. The number of nitrogens with two attached hydrogens (primary N) is 1. The molecule has 0 fully saturated rings.